The van der Waals surface area contributed by atoms with Crippen LogP contribution in [0.25, 0.3) is 0 Å². The minimum Gasteiger partial charge on any atom is -0.496 e. The lowest BCUT2D eigenvalue weighted by Crippen LogP contribution is -2.15. The predicted octanol–water partition coefficient (Wildman–Crippen LogP) is 2.35. The zero-order chi connectivity index (χ0) is 18.5. The Balaban J connectivity index is 1.84. The van der Waals surface area contributed by atoms with Crippen molar-refractivity contribution in [3.05, 3.63) is 59.2 Å². The number of carboxylic acids is 1. The molecule has 1 aliphatic heterocycles. The number of benzene rings is 2. The van der Waals surface area contributed by atoms with Gasteiger partial charge in [-0.25, -0.2) is 4.99 Å². The molecule has 26 heavy (non-hydrogen) atoms. The molecule has 0 fully saturated rings. The molecule has 0 atom stereocenters. The van der Waals surface area contributed by atoms with Crippen LogP contribution in [0.5, 0.6) is 5.75 Å². The number of rotatable bonds is 6. The lowest BCUT2D eigenvalue weighted by molar-refractivity contribution is -0.136. The van der Waals surface area contributed by atoms with Gasteiger partial charge in [-0.1, -0.05) is 18.2 Å². The van der Waals surface area contributed by atoms with Crippen molar-refractivity contribution in [1.82, 2.24) is 0 Å². The molecule has 2 aromatic rings. The maximum atomic E-state index is 12.6. The summed E-state index contributed by atoms with van der Waals surface area (Å²) >= 11 is 0. The number of aliphatic imine (C=N–C) groups is 1. The average molecular weight is 354 g/mol. The van der Waals surface area contributed by atoms with Crippen molar-refractivity contribution >= 4 is 23.5 Å². The van der Waals surface area contributed by atoms with E-state index in [2.05, 4.69) is 10.3 Å². The number of hydrogen-bond acceptors (Lipinski definition) is 5. The lowest BCUT2D eigenvalue weighted by Gasteiger charge is -2.12. The van der Waals surface area contributed by atoms with Gasteiger partial charge < -0.3 is 19.9 Å². The lowest BCUT2D eigenvalue weighted by atomic mass is 10.1. The van der Waals surface area contributed by atoms with Crippen LogP contribution >= 0.6 is 0 Å². The van der Waals surface area contributed by atoms with Gasteiger partial charge >= 0.3 is 5.97 Å². The summed E-state index contributed by atoms with van der Waals surface area (Å²) in [6.45, 7) is 1.12. The second kappa shape index (κ2) is 7.69. The van der Waals surface area contributed by atoms with E-state index in [1.165, 1.54) is 13.2 Å². The monoisotopic (exact) mass is 354 g/mol. The molecule has 1 aliphatic rings. The maximum absolute atomic E-state index is 12.6. The van der Waals surface area contributed by atoms with Crippen molar-refractivity contribution in [2.75, 3.05) is 25.6 Å². The Morgan fingerprint density at radius 1 is 1.27 bits per heavy atom. The summed E-state index contributed by atoms with van der Waals surface area (Å²) in [7, 11) is 1.44. The van der Waals surface area contributed by atoms with E-state index < -0.39 is 5.97 Å². The molecular weight excluding hydrogens is 336 g/mol. The van der Waals surface area contributed by atoms with Gasteiger partial charge in [0.2, 0.25) is 5.90 Å². The highest BCUT2D eigenvalue weighted by atomic mass is 16.5. The van der Waals surface area contributed by atoms with Crippen molar-refractivity contribution in [2.24, 2.45) is 4.99 Å². The van der Waals surface area contributed by atoms with E-state index in [-0.39, 0.29) is 12.3 Å². The molecular formula is C19H18N2O5. The first-order chi connectivity index (χ1) is 12.6. The summed E-state index contributed by atoms with van der Waals surface area (Å²) in [4.78, 5) is 27.8. The van der Waals surface area contributed by atoms with Gasteiger partial charge in [0.15, 0.2) is 0 Å². The Morgan fingerprint density at radius 3 is 2.77 bits per heavy atom. The number of nitrogens with zero attached hydrogens (tertiary/aromatic N) is 1. The molecule has 0 radical (unpaired) electrons. The van der Waals surface area contributed by atoms with E-state index in [1.807, 2.05) is 18.2 Å². The molecule has 0 spiro atoms. The number of anilines is 1. The van der Waals surface area contributed by atoms with Crippen molar-refractivity contribution in [1.29, 1.82) is 0 Å². The van der Waals surface area contributed by atoms with Gasteiger partial charge in [-0.05, 0) is 24.3 Å². The number of carboxylic acid groups (broad SMARTS) is 1. The smallest absolute Gasteiger partial charge is 0.307 e. The van der Waals surface area contributed by atoms with Crippen LogP contribution < -0.4 is 10.1 Å². The minimum atomic E-state index is -0.966. The van der Waals surface area contributed by atoms with Gasteiger partial charge in [0.1, 0.15) is 12.4 Å². The highest BCUT2D eigenvalue weighted by Gasteiger charge is 2.17. The maximum Gasteiger partial charge on any atom is 0.307 e. The molecule has 0 aromatic heterocycles. The van der Waals surface area contributed by atoms with Crippen LogP contribution in [-0.4, -0.2) is 43.1 Å². The third-order valence-corrected chi connectivity index (χ3v) is 3.88. The second-order valence-corrected chi connectivity index (χ2v) is 5.63. The topological polar surface area (TPSA) is 97.2 Å². The quantitative estimate of drug-likeness (QED) is 0.830. The molecule has 1 heterocycles. The van der Waals surface area contributed by atoms with Crippen LogP contribution in [0.15, 0.2) is 47.5 Å². The fourth-order valence-corrected chi connectivity index (χ4v) is 2.67. The molecule has 2 N–H and O–H groups in total. The SMILES string of the molecule is COc1cc(C(=O)Nc2ccccc2C2=NCCO2)ccc1CC(=O)O. The minimum absolute atomic E-state index is 0.176. The van der Waals surface area contributed by atoms with Gasteiger partial charge in [0.05, 0.1) is 31.3 Å². The predicted molar refractivity (Wildman–Crippen MR) is 96.1 cm³/mol. The first kappa shape index (κ1) is 17.5. The first-order valence-electron chi connectivity index (χ1n) is 8.05. The van der Waals surface area contributed by atoms with Gasteiger partial charge in [0, 0.05) is 11.1 Å². The highest BCUT2D eigenvalue weighted by Crippen LogP contribution is 2.23. The van der Waals surface area contributed by atoms with Gasteiger partial charge in [-0.3, -0.25) is 9.59 Å². The normalized spacial score (nSPS) is 12.9. The third kappa shape index (κ3) is 3.83. The van der Waals surface area contributed by atoms with Crippen molar-refractivity contribution < 1.29 is 24.2 Å². The summed E-state index contributed by atoms with van der Waals surface area (Å²) < 4.78 is 10.7. The van der Waals surface area contributed by atoms with E-state index in [0.717, 1.165) is 0 Å². The standard InChI is InChI=1S/C19H18N2O5/c1-25-16-10-13(7-6-12(16)11-17(22)23)18(24)21-15-5-3-2-4-14(15)19-20-8-9-26-19/h2-7,10H,8-9,11H2,1H3,(H,21,24)(H,22,23). The number of carbonyl (C=O) groups is 2. The molecule has 7 heteroatoms. The van der Waals surface area contributed by atoms with Crippen LogP contribution in [0, 0.1) is 0 Å². The van der Waals surface area contributed by atoms with Crippen LogP contribution in [0.1, 0.15) is 21.5 Å². The molecule has 0 aliphatic carbocycles. The molecule has 0 unspecified atom stereocenters. The summed E-state index contributed by atoms with van der Waals surface area (Å²) in [5.41, 5.74) is 2.17. The van der Waals surface area contributed by atoms with Crippen LogP contribution in [-0.2, 0) is 16.0 Å². The Bertz CT molecular complexity index is 876. The number of aliphatic carboxylic acids is 1. The number of methoxy groups -OCH3 is 1. The van der Waals surface area contributed by atoms with E-state index in [1.54, 1.807) is 18.2 Å². The number of hydrogen-bond donors (Lipinski definition) is 2. The van der Waals surface area contributed by atoms with E-state index in [9.17, 15) is 9.59 Å². The van der Waals surface area contributed by atoms with Crippen LogP contribution in [0.4, 0.5) is 5.69 Å². The number of amides is 1. The Labute approximate surface area is 150 Å². The summed E-state index contributed by atoms with van der Waals surface area (Å²) in [5, 5.41) is 11.8. The molecule has 0 saturated heterocycles. The molecule has 0 saturated carbocycles. The highest BCUT2D eigenvalue weighted by molar-refractivity contribution is 6.09. The molecule has 7 nitrogen and oxygen atoms in total. The molecule has 0 bridgehead atoms. The summed E-state index contributed by atoms with van der Waals surface area (Å²) in [5.74, 6) is -0.435. The fourth-order valence-electron chi connectivity index (χ4n) is 2.67. The van der Waals surface area contributed by atoms with Crippen LogP contribution in [0.3, 0.4) is 0 Å². The van der Waals surface area contributed by atoms with Crippen LogP contribution in [0.2, 0.25) is 0 Å². The average Bonchev–Trinajstić information content (AvgIpc) is 3.16. The van der Waals surface area contributed by atoms with Crippen molar-refractivity contribution in [3.63, 3.8) is 0 Å². The zero-order valence-electron chi connectivity index (χ0n) is 14.2. The molecule has 134 valence electrons. The first-order valence-corrected chi connectivity index (χ1v) is 8.05. The zero-order valence-corrected chi connectivity index (χ0v) is 14.2. The van der Waals surface area contributed by atoms with Gasteiger partial charge in [0.25, 0.3) is 5.91 Å². The largest absolute Gasteiger partial charge is 0.496 e. The van der Waals surface area contributed by atoms with Gasteiger partial charge in [-0.15, -0.1) is 0 Å². The van der Waals surface area contributed by atoms with Crippen molar-refractivity contribution in [3.8, 4) is 5.75 Å². The van der Waals surface area contributed by atoms with E-state index >= 15 is 0 Å². The van der Waals surface area contributed by atoms with E-state index in [0.29, 0.717) is 47.2 Å². The Morgan fingerprint density at radius 2 is 2.08 bits per heavy atom. The number of para-hydroxylation sites is 1. The molecule has 3 rings (SSSR count). The Hall–Kier alpha value is -3.35. The summed E-state index contributed by atoms with van der Waals surface area (Å²) in [6, 6.07) is 11.9. The van der Waals surface area contributed by atoms with Gasteiger partial charge in [-0.2, -0.15) is 0 Å². The second-order valence-electron chi connectivity index (χ2n) is 5.63. The fraction of sp³-hybridized carbons (Fsp3) is 0.211. The molecule has 1 amide bonds. The van der Waals surface area contributed by atoms with Crippen molar-refractivity contribution in [2.45, 2.75) is 6.42 Å². The third-order valence-electron chi connectivity index (χ3n) is 3.88. The number of nitrogens with one attached hydrogen (secondary N) is 1. The number of carbonyl (C=O) groups excluding carboxylic acids is 1. The number of ether oxygens (including phenoxy) is 2. The van der Waals surface area contributed by atoms with E-state index in [4.69, 9.17) is 14.6 Å². The summed E-state index contributed by atoms with van der Waals surface area (Å²) in [6.07, 6.45) is -0.176. The molecule has 2 aromatic carbocycles. The Kier molecular flexibility index (Phi) is 5.17.